The lowest BCUT2D eigenvalue weighted by Crippen LogP contribution is -2.70. The van der Waals surface area contributed by atoms with E-state index in [1.165, 1.54) is 6.92 Å². The molecule has 0 aromatic rings. The van der Waals surface area contributed by atoms with E-state index < -0.39 is 299 Å². The number of rotatable bonds is 19. The molecule has 1 unspecified atom stereocenters. The molecule has 11 fully saturated rings. The van der Waals surface area contributed by atoms with Crippen LogP contribution in [0.5, 0.6) is 0 Å². The van der Waals surface area contributed by atoms with Gasteiger partial charge in [0.05, 0.1) is 77.3 Å². The lowest BCUT2D eigenvalue weighted by atomic mass is 9.33. The van der Waals surface area contributed by atoms with E-state index in [1.54, 1.807) is 13.8 Å². The molecule has 21 N–H and O–H groups in total. The summed E-state index contributed by atoms with van der Waals surface area (Å²) in [6.07, 6.45) is -50.3. The summed E-state index contributed by atoms with van der Waals surface area (Å²) in [5, 5.41) is 233. The second-order valence-corrected chi connectivity index (χ2v) is 34.2. The molecular formula is C70H114O36. The maximum atomic E-state index is 15.6. The van der Waals surface area contributed by atoms with E-state index in [1.807, 2.05) is 0 Å². The minimum absolute atomic E-state index is 0.0579. The van der Waals surface area contributed by atoms with Gasteiger partial charge in [0.1, 0.15) is 134 Å². The molecule has 0 spiro atoms. The van der Waals surface area contributed by atoms with E-state index in [2.05, 4.69) is 40.7 Å². The van der Waals surface area contributed by atoms with Crippen LogP contribution in [0.1, 0.15) is 107 Å². The van der Waals surface area contributed by atoms with Crippen LogP contribution < -0.4 is 0 Å². The number of ether oxygens (including phenoxy) is 14. The SMILES string of the molecule is C[C@@H]1O[C@@H](O[C@H]2[C@H](OC(=O)[C@]34CCC(C)(C)C[C@H]3C3=CC[C@@H]5[C@@]6(C)C[C@H](O)[C@H](O[C@@H]7O[C@H](CO[C@@H]8O[C@H](CO[C@@H]9O[C@H](CO)[C@@H](O)[C@H](O)[C@H]9O)[C@@H](O)[C@H](O)[C@H]8O)[C@@H](O)[C@H](O)[C@H]7O)[C@@](C)(CO)C6CC[C@@]5(C)[C@]3(C)C[C@H]4O)OC[C@H](O)[C@@H]2O)[C@H](O)[C@H](O)[C@H]1O[C@@H]1OC[C@@H](O)[C@H](O[C@@H]2OC[C@](C)(CO)[C@H]2O)[C@H]1O. The highest BCUT2D eigenvalue weighted by atomic mass is 16.8. The molecule has 0 aromatic heterocycles. The average molecular weight is 1530 g/mol. The van der Waals surface area contributed by atoms with Crippen molar-refractivity contribution < 1.29 is 178 Å². The number of carbonyl (C=O) groups is 1. The molecule has 36 heteroatoms. The summed E-state index contributed by atoms with van der Waals surface area (Å²) >= 11 is 0. The van der Waals surface area contributed by atoms with Crippen molar-refractivity contribution in [3.8, 4) is 0 Å². The van der Waals surface area contributed by atoms with Gasteiger partial charge < -0.3 is 174 Å². The molecule has 610 valence electrons. The molecule has 7 heterocycles. The van der Waals surface area contributed by atoms with Crippen molar-refractivity contribution in [1.82, 2.24) is 0 Å². The maximum absolute atomic E-state index is 15.6. The first-order valence-corrected chi connectivity index (χ1v) is 37.0. The highest BCUT2D eigenvalue weighted by Gasteiger charge is 2.74. The van der Waals surface area contributed by atoms with Crippen LogP contribution in [0.3, 0.4) is 0 Å². The molecule has 7 aliphatic heterocycles. The molecule has 0 bridgehead atoms. The van der Waals surface area contributed by atoms with Crippen LogP contribution in [0.2, 0.25) is 0 Å². The van der Waals surface area contributed by atoms with Crippen molar-refractivity contribution in [3.63, 3.8) is 0 Å². The number of allylic oxidation sites excluding steroid dienone is 2. The summed E-state index contributed by atoms with van der Waals surface area (Å²) < 4.78 is 82.3. The molecule has 0 aromatic carbocycles. The fraction of sp³-hybridized carbons (Fsp3) is 0.957. The second kappa shape index (κ2) is 31.2. The Labute approximate surface area is 612 Å². The Morgan fingerprint density at radius 3 is 1.64 bits per heavy atom. The molecule has 42 atom stereocenters. The van der Waals surface area contributed by atoms with E-state index >= 15 is 4.79 Å². The first-order valence-electron chi connectivity index (χ1n) is 37.0. The van der Waals surface area contributed by atoms with Crippen LogP contribution in [0, 0.1) is 55.7 Å². The smallest absolute Gasteiger partial charge is 0.317 e. The third-order valence-electron chi connectivity index (χ3n) is 27.1. The summed E-state index contributed by atoms with van der Waals surface area (Å²) in [5.41, 5.74) is -5.75. The van der Waals surface area contributed by atoms with E-state index in [-0.39, 0.29) is 37.2 Å². The average Bonchev–Trinajstić information content (AvgIpc) is 0.711. The zero-order chi connectivity index (χ0) is 77.4. The summed E-state index contributed by atoms with van der Waals surface area (Å²) in [4.78, 5) is 15.6. The van der Waals surface area contributed by atoms with Crippen LogP contribution in [0.4, 0.5) is 0 Å². The lowest BCUT2D eigenvalue weighted by Gasteiger charge is -2.72. The van der Waals surface area contributed by atoms with Crippen molar-refractivity contribution in [1.29, 1.82) is 0 Å². The van der Waals surface area contributed by atoms with Gasteiger partial charge in [-0.25, -0.2) is 0 Å². The largest absolute Gasteiger partial charge is 0.432 e. The van der Waals surface area contributed by atoms with Gasteiger partial charge in [0, 0.05) is 10.8 Å². The third-order valence-corrected chi connectivity index (χ3v) is 27.1. The predicted molar refractivity (Wildman–Crippen MR) is 349 cm³/mol. The van der Waals surface area contributed by atoms with Crippen molar-refractivity contribution in [3.05, 3.63) is 11.6 Å². The lowest BCUT2D eigenvalue weighted by molar-refractivity contribution is -0.372. The molecule has 4 saturated carbocycles. The van der Waals surface area contributed by atoms with E-state index in [0.29, 0.717) is 32.1 Å². The molecular weight excluding hydrogens is 1420 g/mol. The number of esters is 1. The number of hydrogen-bond acceptors (Lipinski definition) is 36. The van der Waals surface area contributed by atoms with Crippen molar-refractivity contribution >= 4 is 5.97 Å². The minimum atomic E-state index is -1.99. The van der Waals surface area contributed by atoms with Gasteiger partial charge in [-0.05, 0) is 97.7 Å². The van der Waals surface area contributed by atoms with E-state index in [9.17, 15) is 107 Å². The van der Waals surface area contributed by atoms with Gasteiger partial charge in [0.25, 0.3) is 0 Å². The fourth-order valence-electron chi connectivity index (χ4n) is 20.3. The van der Waals surface area contributed by atoms with Crippen molar-refractivity contribution in [2.75, 3.05) is 52.9 Å². The number of carbonyl (C=O) groups excluding carboxylic acids is 1. The first-order chi connectivity index (χ1) is 49.7. The topological polar surface area (TPSA) is 571 Å². The highest BCUT2D eigenvalue weighted by molar-refractivity contribution is 5.80. The molecule has 5 aliphatic carbocycles. The van der Waals surface area contributed by atoms with Gasteiger partial charge in [-0.15, -0.1) is 0 Å². The quantitative estimate of drug-likeness (QED) is 0.0324. The number of fused-ring (bicyclic) bond motifs is 7. The molecule has 0 radical (unpaired) electrons. The van der Waals surface area contributed by atoms with Gasteiger partial charge in [-0.3, -0.25) is 4.79 Å². The molecule has 7 saturated heterocycles. The Morgan fingerprint density at radius 2 is 1.04 bits per heavy atom. The molecule has 36 nitrogen and oxygen atoms in total. The Bertz CT molecular complexity index is 3030. The zero-order valence-corrected chi connectivity index (χ0v) is 60.7. The van der Waals surface area contributed by atoms with E-state index in [4.69, 9.17) is 66.3 Å². The van der Waals surface area contributed by atoms with Crippen molar-refractivity contribution in [2.24, 2.45) is 55.7 Å². The number of hydrogen-bond donors (Lipinski definition) is 21. The highest BCUT2D eigenvalue weighted by Crippen LogP contribution is 2.76. The fourth-order valence-corrected chi connectivity index (χ4v) is 20.3. The van der Waals surface area contributed by atoms with Gasteiger partial charge in [-0.2, -0.15) is 0 Å². The Morgan fingerprint density at radius 1 is 0.491 bits per heavy atom. The van der Waals surface area contributed by atoms with Gasteiger partial charge in [-0.1, -0.05) is 60.1 Å². The van der Waals surface area contributed by atoms with Gasteiger partial charge in [0.15, 0.2) is 43.8 Å². The summed E-state index contributed by atoms with van der Waals surface area (Å²) in [5.74, 6) is -2.20. The van der Waals surface area contributed by atoms with Crippen LogP contribution >= 0.6 is 0 Å². The molecule has 12 rings (SSSR count). The Hall–Kier alpha value is -2.15. The summed E-state index contributed by atoms with van der Waals surface area (Å²) in [6, 6.07) is 0. The Balaban J connectivity index is 0.717. The van der Waals surface area contributed by atoms with Gasteiger partial charge in [0.2, 0.25) is 6.29 Å². The van der Waals surface area contributed by atoms with Crippen LogP contribution in [-0.4, -0.2) is 369 Å². The molecule has 12 aliphatic rings. The number of aliphatic hydroxyl groups excluding tert-OH is 21. The second-order valence-electron chi connectivity index (χ2n) is 34.2. The molecule has 106 heavy (non-hydrogen) atoms. The first kappa shape index (κ1) is 83.3. The Kier molecular flexibility index (Phi) is 24.5. The van der Waals surface area contributed by atoms with Crippen LogP contribution in [0.25, 0.3) is 0 Å². The predicted octanol–water partition coefficient (Wildman–Crippen LogP) is -7.43. The van der Waals surface area contributed by atoms with E-state index in [0.717, 1.165) is 5.57 Å². The minimum Gasteiger partial charge on any atom is -0.432 e. The monoisotopic (exact) mass is 1530 g/mol. The third kappa shape index (κ3) is 14.2. The van der Waals surface area contributed by atoms with Gasteiger partial charge >= 0.3 is 5.97 Å². The van der Waals surface area contributed by atoms with Crippen LogP contribution in [0.15, 0.2) is 11.6 Å². The number of aliphatic hydroxyl groups is 21. The maximum Gasteiger partial charge on any atom is 0.317 e. The summed E-state index contributed by atoms with van der Waals surface area (Å²) in [7, 11) is 0. The zero-order valence-electron chi connectivity index (χ0n) is 60.7. The molecule has 0 amide bonds. The normalized spacial score (nSPS) is 55.3. The van der Waals surface area contributed by atoms with Crippen LogP contribution in [-0.2, 0) is 71.1 Å². The standard InChI is InChI=1S/C70H114O36/c1-26-51(102-58-50(90)52(31(76)20-93-58)103-62-54(91)65(4,23-72)25-97-62)45(85)49(89)59(98-26)104-53-38(78)30(75)19-94-61(53)106-63(92)70-14-13-64(2,3)15-28(70)27-9-10-36-66(5)16-29(74)55(67(6,24-73)35(66)11-12-68(36,7)69(27,8)17-37(70)77)105-60-48(88)44(84)41(81)34(101-60)22-96-57-47(87)43(83)40(80)33(100-57)21-95-56-46(86)42(82)39(79)32(18-71)99-56/h9,26,28-62,71-91H,10-25H2,1-8H3/t26-,28-,29-,30-,31+,32+,33+,34+,35?,36+,37+,38-,39+,40+,41+,42-,43-,44-,45-,46+,47+,48+,49+,50+,51-,52-,53+,54-,55-,56+,57+,58-,59-,60-,61-,62-,65-,66-,67-,68+,69+,70+/m0/s1. The van der Waals surface area contributed by atoms with Crippen molar-refractivity contribution in [2.45, 2.75) is 309 Å². The summed E-state index contributed by atoms with van der Waals surface area (Å²) in [6.45, 7) is 11.0.